The molecule has 0 bridgehead atoms. The van der Waals surface area contributed by atoms with Gasteiger partial charge in [0.05, 0.1) is 0 Å². The molecule has 0 saturated carbocycles. The lowest BCUT2D eigenvalue weighted by Gasteiger charge is -2.41. The van der Waals surface area contributed by atoms with E-state index in [-0.39, 0.29) is 11.4 Å². The van der Waals surface area contributed by atoms with E-state index in [2.05, 4.69) is 77.3 Å². The summed E-state index contributed by atoms with van der Waals surface area (Å²) in [5, 5.41) is 4.38. The molecule has 0 saturated heterocycles. The zero-order chi connectivity index (χ0) is 19.6. The number of hydrogen-bond acceptors (Lipinski definition) is 2. The Kier molecular flexibility index (Phi) is 5.23. The molecule has 146 valence electrons. The summed E-state index contributed by atoms with van der Waals surface area (Å²) in [7, 11) is 0. The fourth-order valence-electron chi connectivity index (χ4n) is 4.09. The van der Waals surface area contributed by atoms with Gasteiger partial charge in [0, 0.05) is 49.9 Å². The van der Waals surface area contributed by atoms with Crippen molar-refractivity contribution in [3.63, 3.8) is 0 Å². The van der Waals surface area contributed by atoms with Crippen molar-refractivity contribution >= 4 is 16.8 Å². The van der Waals surface area contributed by atoms with Gasteiger partial charge in [-0.05, 0) is 48.9 Å². The Hall–Kier alpha value is -2.59. The van der Waals surface area contributed by atoms with Gasteiger partial charge in [0.15, 0.2) is 0 Å². The molecule has 4 rings (SSSR count). The average molecular weight is 376 g/mol. The summed E-state index contributed by atoms with van der Waals surface area (Å²) in [6.07, 6.45) is 3.64. The van der Waals surface area contributed by atoms with Crippen molar-refractivity contribution in [2.75, 3.05) is 13.1 Å². The SMILES string of the molecule is CC(C)(CNC(=O)CCn1ccc2ccccc21)N1CCc2ccccc2C1. The highest BCUT2D eigenvalue weighted by molar-refractivity contribution is 5.80. The minimum absolute atomic E-state index is 0.0661. The molecule has 2 heterocycles. The number of aromatic nitrogens is 1. The lowest BCUT2D eigenvalue weighted by molar-refractivity contribution is -0.121. The van der Waals surface area contributed by atoms with Crippen LogP contribution < -0.4 is 5.32 Å². The minimum Gasteiger partial charge on any atom is -0.354 e. The lowest BCUT2D eigenvalue weighted by Crippen LogP contribution is -2.53. The molecule has 0 radical (unpaired) electrons. The monoisotopic (exact) mass is 375 g/mol. The quantitative estimate of drug-likeness (QED) is 0.707. The van der Waals surface area contributed by atoms with Crippen molar-refractivity contribution in [2.24, 2.45) is 0 Å². The molecule has 3 aromatic rings. The molecule has 28 heavy (non-hydrogen) atoms. The molecule has 1 aliphatic heterocycles. The maximum atomic E-state index is 12.5. The van der Waals surface area contributed by atoms with Gasteiger partial charge in [0.25, 0.3) is 0 Å². The van der Waals surface area contributed by atoms with Crippen LogP contribution in [0.15, 0.2) is 60.8 Å². The summed E-state index contributed by atoms with van der Waals surface area (Å²) in [5.74, 6) is 0.114. The summed E-state index contributed by atoms with van der Waals surface area (Å²) >= 11 is 0. The van der Waals surface area contributed by atoms with Crippen LogP contribution in [0.4, 0.5) is 0 Å². The molecule has 1 N–H and O–H groups in total. The number of aryl methyl sites for hydroxylation is 1. The Balaban J connectivity index is 1.30. The van der Waals surface area contributed by atoms with Gasteiger partial charge in [0.2, 0.25) is 5.91 Å². The smallest absolute Gasteiger partial charge is 0.221 e. The summed E-state index contributed by atoms with van der Waals surface area (Å²) < 4.78 is 2.15. The number of amides is 1. The third kappa shape index (κ3) is 3.97. The van der Waals surface area contributed by atoms with Crippen LogP contribution in [0.25, 0.3) is 10.9 Å². The van der Waals surface area contributed by atoms with E-state index in [9.17, 15) is 4.79 Å². The van der Waals surface area contributed by atoms with Gasteiger partial charge in [-0.15, -0.1) is 0 Å². The van der Waals surface area contributed by atoms with Crippen LogP contribution in [-0.2, 0) is 24.3 Å². The molecule has 1 aromatic heterocycles. The lowest BCUT2D eigenvalue weighted by atomic mass is 9.94. The first-order valence-corrected chi connectivity index (χ1v) is 10.2. The van der Waals surface area contributed by atoms with Gasteiger partial charge in [-0.2, -0.15) is 0 Å². The summed E-state index contributed by atoms with van der Waals surface area (Å²) in [4.78, 5) is 14.9. The highest BCUT2D eigenvalue weighted by Gasteiger charge is 2.29. The highest BCUT2D eigenvalue weighted by Crippen LogP contribution is 2.25. The number of nitrogens with one attached hydrogen (secondary N) is 1. The fourth-order valence-corrected chi connectivity index (χ4v) is 4.09. The standard InChI is InChI=1S/C24H29N3O/c1-24(2,27-16-12-19-7-3-4-9-21(19)17-27)18-25-23(28)13-15-26-14-11-20-8-5-6-10-22(20)26/h3-11,14H,12-13,15-18H2,1-2H3,(H,25,28). The zero-order valence-electron chi connectivity index (χ0n) is 16.8. The topological polar surface area (TPSA) is 37.3 Å². The number of fused-ring (bicyclic) bond motifs is 2. The Morgan fingerprint density at radius 3 is 2.64 bits per heavy atom. The number of benzene rings is 2. The van der Waals surface area contributed by atoms with E-state index in [1.165, 1.54) is 22.0 Å². The minimum atomic E-state index is -0.0661. The molecule has 0 spiro atoms. The third-order valence-electron chi connectivity index (χ3n) is 5.96. The molecule has 1 amide bonds. The van der Waals surface area contributed by atoms with Crippen LogP contribution >= 0.6 is 0 Å². The molecule has 4 nitrogen and oxygen atoms in total. The molecule has 0 fully saturated rings. The second-order valence-corrected chi connectivity index (χ2v) is 8.35. The van der Waals surface area contributed by atoms with Crippen molar-refractivity contribution in [3.8, 4) is 0 Å². The predicted molar refractivity (Wildman–Crippen MR) is 114 cm³/mol. The Morgan fingerprint density at radius 1 is 1.04 bits per heavy atom. The summed E-state index contributed by atoms with van der Waals surface area (Å²) in [5.41, 5.74) is 3.98. The summed E-state index contributed by atoms with van der Waals surface area (Å²) in [6, 6.07) is 19.1. The molecule has 2 aromatic carbocycles. The number of carbonyl (C=O) groups is 1. The normalized spacial score (nSPS) is 14.8. The van der Waals surface area contributed by atoms with Crippen LogP contribution in [0.2, 0.25) is 0 Å². The molecule has 4 heteroatoms. The Labute approximate surface area is 167 Å². The van der Waals surface area contributed by atoms with E-state index in [4.69, 9.17) is 0 Å². The van der Waals surface area contributed by atoms with Crippen LogP contribution in [-0.4, -0.2) is 34.0 Å². The third-order valence-corrected chi connectivity index (χ3v) is 5.96. The van der Waals surface area contributed by atoms with Crippen molar-refractivity contribution in [2.45, 2.75) is 45.3 Å². The fraction of sp³-hybridized carbons (Fsp3) is 0.375. The van der Waals surface area contributed by atoms with Crippen LogP contribution in [0.5, 0.6) is 0 Å². The molecular weight excluding hydrogens is 346 g/mol. The molecule has 0 aliphatic carbocycles. The molecule has 0 unspecified atom stereocenters. The van der Waals surface area contributed by atoms with Crippen LogP contribution in [0.1, 0.15) is 31.4 Å². The first-order valence-electron chi connectivity index (χ1n) is 10.2. The zero-order valence-corrected chi connectivity index (χ0v) is 16.8. The van der Waals surface area contributed by atoms with E-state index in [1.807, 2.05) is 12.1 Å². The van der Waals surface area contributed by atoms with Gasteiger partial charge in [-0.3, -0.25) is 9.69 Å². The highest BCUT2D eigenvalue weighted by atomic mass is 16.1. The first-order chi connectivity index (χ1) is 13.5. The van der Waals surface area contributed by atoms with Crippen LogP contribution in [0, 0.1) is 0 Å². The number of para-hydroxylation sites is 1. The Morgan fingerprint density at radius 2 is 1.79 bits per heavy atom. The number of nitrogens with zero attached hydrogens (tertiary/aromatic N) is 2. The second kappa shape index (κ2) is 7.80. The average Bonchev–Trinajstić information content (AvgIpc) is 3.13. The first kappa shape index (κ1) is 18.8. The molecular formula is C24H29N3O. The number of carbonyl (C=O) groups excluding carboxylic acids is 1. The van der Waals surface area contributed by atoms with E-state index in [1.54, 1.807) is 0 Å². The predicted octanol–water partition coefficient (Wildman–Crippen LogP) is 3.98. The van der Waals surface area contributed by atoms with E-state index in [0.717, 1.165) is 19.5 Å². The maximum Gasteiger partial charge on any atom is 0.221 e. The van der Waals surface area contributed by atoms with E-state index >= 15 is 0 Å². The number of rotatable bonds is 6. The van der Waals surface area contributed by atoms with Gasteiger partial charge in [-0.25, -0.2) is 0 Å². The largest absolute Gasteiger partial charge is 0.354 e. The molecule has 0 atom stereocenters. The van der Waals surface area contributed by atoms with Gasteiger partial charge < -0.3 is 9.88 Å². The van der Waals surface area contributed by atoms with Crippen molar-refractivity contribution in [1.29, 1.82) is 0 Å². The van der Waals surface area contributed by atoms with Gasteiger partial charge in [0.1, 0.15) is 0 Å². The van der Waals surface area contributed by atoms with E-state index < -0.39 is 0 Å². The second-order valence-electron chi connectivity index (χ2n) is 8.35. The van der Waals surface area contributed by atoms with Crippen molar-refractivity contribution in [3.05, 3.63) is 71.9 Å². The van der Waals surface area contributed by atoms with Crippen LogP contribution in [0.3, 0.4) is 0 Å². The van der Waals surface area contributed by atoms with Gasteiger partial charge >= 0.3 is 0 Å². The van der Waals surface area contributed by atoms with Crippen molar-refractivity contribution < 1.29 is 4.79 Å². The maximum absolute atomic E-state index is 12.5. The van der Waals surface area contributed by atoms with Crippen molar-refractivity contribution in [1.82, 2.24) is 14.8 Å². The summed E-state index contributed by atoms with van der Waals surface area (Å²) in [6.45, 7) is 7.81. The Bertz CT molecular complexity index is 973. The molecule has 1 aliphatic rings. The number of hydrogen-bond donors (Lipinski definition) is 1. The van der Waals surface area contributed by atoms with E-state index in [0.29, 0.717) is 19.5 Å². The van der Waals surface area contributed by atoms with Gasteiger partial charge in [-0.1, -0.05) is 42.5 Å².